The molecular weight excluding hydrogens is 292 g/mol. The number of nitrogens with zero attached hydrogens (tertiary/aromatic N) is 2. The van der Waals surface area contributed by atoms with Gasteiger partial charge in [-0.15, -0.1) is 0 Å². The summed E-state index contributed by atoms with van der Waals surface area (Å²) in [6.45, 7) is 4.59. The van der Waals surface area contributed by atoms with Crippen LogP contribution in [0, 0.1) is 5.92 Å². The first-order chi connectivity index (χ1) is 11.6. The van der Waals surface area contributed by atoms with E-state index >= 15 is 0 Å². The fourth-order valence-electron chi connectivity index (χ4n) is 3.14. The van der Waals surface area contributed by atoms with Gasteiger partial charge in [0.2, 0.25) is 0 Å². The van der Waals surface area contributed by atoms with Crippen molar-refractivity contribution in [1.82, 2.24) is 4.98 Å². The molecule has 1 aromatic carbocycles. The third-order valence-corrected chi connectivity index (χ3v) is 4.89. The number of anilines is 1. The highest BCUT2D eigenvalue weighted by molar-refractivity contribution is 5.66. The largest absolute Gasteiger partial charge is 0.378 e. The molecule has 1 heterocycles. The van der Waals surface area contributed by atoms with Gasteiger partial charge in [0.1, 0.15) is 0 Å². The van der Waals surface area contributed by atoms with Crippen molar-refractivity contribution in [3.8, 4) is 11.1 Å². The van der Waals surface area contributed by atoms with Crippen LogP contribution in [0.15, 0.2) is 42.6 Å². The smallest absolute Gasteiger partial charge is 0.0409 e. The Morgan fingerprint density at radius 3 is 2.33 bits per heavy atom. The molecule has 1 aromatic heterocycles. The van der Waals surface area contributed by atoms with Crippen molar-refractivity contribution in [3.63, 3.8) is 0 Å². The van der Waals surface area contributed by atoms with E-state index in [9.17, 15) is 0 Å². The Bertz CT molecular complexity index is 602. The Morgan fingerprint density at radius 2 is 1.71 bits per heavy atom. The topological polar surface area (TPSA) is 16.1 Å². The highest BCUT2D eigenvalue weighted by Crippen LogP contribution is 2.24. The molecule has 2 heteroatoms. The molecule has 2 aromatic rings. The predicted molar refractivity (Wildman–Crippen MR) is 106 cm³/mol. The average molecular weight is 325 g/mol. The fourth-order valence-corrected chi connectivity index (χ4v) is 3.14. The van der Waals surface area contributed by atoms with E-state index < -0.39 is 0 Å². The van der Waals surface area contributed by atoms with E-state index in [-0.39, 0.29) is 0 Å². The molecule has 0 bridgehead atoms. The summed E-state index contributed by atoms with van der Waals surface area (Å²) >= 11 is 0. The van der Waals surface area contributed by atoms with Crippen molar-refractivity contribution >= 4 is 5.69 Å². The Kier molecular flexibility index (Phi) is 7.30. The summed E-state index contributed by atoms with van der Waals surface area (Å²) in [4.78, 5) is 6.72. The monoisotopic (exact) mass is 324 g/mol. The molecule has 1 unspecified atom stereocenters. The summed E-state index contributed by atoms with van der Waals surface area (Å²) < 4.78 is 0. The van der Waals surface area contributed by atoms with Crippen molar-refractivity contribution < 1.29 is 0 Å². The molecule has 0 amide bonds. The molecule has 2 nitrogen and oxygen atoms in total. The quantitative estimate of drug-likeness (QED) is 0.565. The molecule has 2 rings (SSSR count). The molecule has 0 radical (unpaired) electrons. The van der Waals surface area contributed by atoms with Crippen molar-refractivity contribution in [2.45, 2.75) is 52.4 Å². The summed E-state index contributed by atoms with van der Waals surface area (Å²) in [6, 6.07) is 13.1. The lowest BCUT2D eigenvalue weighted by Gasteiger charge is -2.14. The zero-order chi connectivity index (χ0) is 17.4. The highest BCUT2D eigenvalue weighted by Gasteiger charge is 2.08. The van der Waals surface area contributed by atoms with Gasteiger partial charge in [0.15, 0.2) is 0 Å². The molecular formula is C22H32N2. The minimum Gasteiger partial charge on any atom is -0.378 e. The highest BCUT2D eigenvalue weighted by atomic mass is 15.1. The number of unbranched alkanes of at least 4 members (excludes halogenated alkanes) is 1. The van der Waals surface area contributed by atoms with Crippen LogP contribution in [-0.4, -0.2) is 19.1 Å². The molecule has 0 saturated carbocycles. The van der Waals surface area contributed by atoms with Gasteiger partial charge in [-0.05, 0) is 54.2 Å². The lowest BCUT2D eigenvalue weighted by atomic mass is 9.93. The van der Waals surface area contributed by atoms with Gasteiger partial charge in [-0.1, -0.05) is 51.7 Å². The lowest BCUT2D eigenvalue weighted by Crippen LogP contribution is -2.07. The summed E-state index contributed by atoms with van der Waals surface area (Å²) in [5.74, 6) is 0.842. The predicted octanol–water partition coefficient (Wildman–Crippen LogP) is 5.96. The van der Waals surface area contributed by atoms with E-state index in [1.807, 2.05) is 6.20 Å². The molecule has 1 atom stereocenters. The molecule has 130 valence electrons. The van der Waals surface area contributed by atoms with Gasteiger partial charge >= 0.3 is 0 Å². The van der Waals surface area contributed by atoms with Crippen LogP contribution in [0.4, 0.5) is 5.69 Å². The summed E-state index contributed by atoms with van der Waals surface area (Å²) in [5, 5.41) is 0. The first-order valence-electron chi connectivity index (χ1n) is 9.36. The molecule has 0 aliphatic heterocycles. The fraction of sp³-hybridized carbons (Fsp3) is 0.500. The van der Waals surface area contributed by atoms with Crippen LogP contribution in [0.5, 0.6) is 0 Å². The van der Waals surface area contributed by atoms with Gasteiger partial charge in [-0.25, -0.2) is 0 Å². The number of pyridine rings is 1. The van der Waals surface area contributed by atoms with Crippen LogP contribution in [0.1, 0.15) is 51.6 Å². The van der Waals surface area contributed by atoms with E-state index in [2.05, 4.69) is 74.2 Å². The van der Waals surface area contributed by atoms with E-state index in [4.69, 9.17) is 0 Å². The second-order valence-electron chi connectivity index (χ2n) is 6.93. The minimum absolute atomic E-state index is 0.842. The Labute approximate surface area is 147 Å². The van der Waals surface area contributed by atoms with Gasteiger partial charge < -0.3 is 4.90 Å². The molecule has 0 aliphatic rings. The van der Waals surface area contributed by atoms with E-state index in [1.54, 1.807) is 0 Å². The van der Waals surface area contributed by atoms with Gasteiger partial charge in [-0.3, -0.25) is 4.98 Å². The number of aryl methyl sites for hydroxylation is 1. The summed E-state index contributed by atoms with van der Waals surface area (Å²) in [7, 11) is 4.14. The van der Waals surface area contributed by atoms with Crippen molar-refractivity contribution in [3.05, 3.63) is 48.3 Å². The first-order valence-corrected chi connectivity index (χ1v) is 9.36. The third-order valence-electron chi connectivity index (χ3n) is 4.89. The average Bonchev–Trinajstić information content (AvgIpc) is 2.62. The maximum atomic E-state index is 4.59. The third kappa shape index (κ3) is 5.36. The van der Waals surface area contributed by atoms with Crippen LogP contribution < -0.4 is 4.90 Å². The summed E-state index contributed by atoms with van der Waals surface area (Å²) in [6.07, 6.45) is 9.59. The maximum Gasteiger partial charge on any atom is 0.0409 e. The first kappa shape index (κ1) is 18.5. The van der Waals surface area contributed by atoms with Gasteiger partial charge in [0, 0.05) is 31.7 Å². The summed E-state index contributed by atoms with van der Waals surface area (Å²) in [5.41, 5.74) is 4.99. The lowest BCUT2D eigenvalue weighted by molar-refractivity contribution is 0.420. The van der Waals surface area contributed by atoms with Crippen molar-refractivity contribution in [2.24, 2.45) is 5.92 Å². The Morgan fingerprint density at radius 1 is 0.958 bits per heavy atom. The number of rotatable bonds is 9. The number of aromatic nitrogens is 1. The van der Waals surface area contributed by atoms with Crippen LogP contribution in [-0.2, 0) is 6.42 Å². The van der Waals surface area contributed by atoms with Crippen LogP contribution >= 0.6 is 0 Å². The normalized spacial score (nSPS) is 12.2. The number of hydrogen-bond acceptors (Lipinski definition) is 2. The van der Waals surface area contributed by atoms with Gasteiger partial charge in [0.05, 0.1) is 0 Å². The van der Waals surface area contributed by atoms with E-state index in [0.29, 0.717) is 0 Å². The standard InChI is InChI=1S/C22H32N2/c1-5-7-8-18(6-2)9-12-21-17-20(15-16-23-21)19-10-13-22(14-11-19)24(3)4/h10-11,13-18H,5-9,12H2,1-4H3. The molecule has 0 fully saturated rings. The Hall–Kier alpha value is -1.83. The van der Waals surface area contributed by atoms with Gasteiger partial charge in [0.25, 0.3) is 0 Å². The second-order valence-corrected chi connectivity index (χ2v) is 6.93. The molecule has 0 spiro atoms. The second kappa shape index (κ2) is 9.46. The number of hydrogen-bond donors (Lipinski definition) is 0. The van der Waals surface area contributed by atoms with E-state index in [1.165, 1.54) is 54.6 Å². The molecule has 24 heavy (non-hydrogen) atoms. The van der Waals surface area contributed by atoms with Crippen LogP contribution in [0.3, 0.4) is 0 Å². The molecule has 0 N–H and O–H groups in total. The van der Waals surface area contributed by atoms with Crippen molar-refractivity contribution in [2.75, 3.05) is 19.0 Å². The number of benzene rings is 1. The van der Waals surface area contributed by atoms with Crippen LogP contribution in [0.2, 0.25) is 0 Å². The minimum atomic E-state index is 0.842. The molecule has 0 saturated heterocycles. The molecule has 0 aliphatic carbocycles. The van der Waals surface area contributed by atoms with E-state index in [0.717, 1.165) is 12.3 Å². The SMILES string of the molecule is CCCCC(CC)CCc1cc(-c2ccc(N(C)C)cc2)ccn1. The van der Waals surface area contributed by atoms with Crippen LogP contribution in [0.25, 0.3) is 11.1 Å². The van der Waals surface area contributed by atoms with Crippen molar-refractivity contribution in [1.29, 1.82) is 0 Å². The zero-order valence-electron chi connectivity index (χ0n) is 15.8. The maximum absolute atomic E-state index is 4.59. The Balaban J connectivity index is 2.02. The van der Waals surface area contributed by atoms with Gasteiger partial charge in [-0.2, -0.15) is 0 Å². The zero-order valence-corrected chi connectivity index (χ0v) is 15.8.